The number of ether oxygens (including phenoxy) is 1. The van der Waals surface area contributed by atoms with Crippen LogP contribution in [-0.4, -0.2) is 22.6 Å². The van der Waals surface area contributed by atoms with Crippen LogP contribution < -0.4 is 10.1 Å². The number of thiophene rings is 1. The molecule has 2 aliphatic rings. The predicted octanol–water partition coefficient (Wildman–Crippen LogP) is 6.38. The average molecular weight is 502 g/mol. The molecule has 0 saturated carbocycles. The number of hydrogen-bond donors (Lipinski definition) is 1. The van der Waals surface area contributed by atoms with Gasteiger partial charge in [-0.15, -0.1) is 11.3 Å². The normalized spacial score (nSPS) is 16.5. The summed E-state index contributed by atoms with van der Waals surface area (Å²) in [5.74, 6) is 0.496. The Morgan fingerprint density at radius 1 is 1.06 bits per heavy atom. The second-order valence-corrected chi connectivity index (χ2v) is 10.5. The van der Waals surface area contributed by atoms with Crippen LogP contribution in [0, 0.1) is 5.82 Å². The number of carbonyl (C=O) groups is 1. The van der Waals surface area contributed by atoms with Crippen molar-refractivity contribution < 1.29 is 13.9 Å². The third kappa shape index (κ3) is 4.07. The van der Waals surface area contributed by atoms with Crippen LogP contribution in [0.3, 0.4) is 0 Å². The third-order valence-electron chi connectivity index (χ3n) is 7.23. The molecule has 2 aromatic carbocycles. The Morgan fingerprint density at radius 2 is 1.83 bits per heavy atom. The standard InChI is InChI=1S/C29H28FN3O2S/c1-35-22-14-10-20(11-15-22)27-25-6-4-16-32(25)28-24(23-5-2-3-7-26(23)36-28)18-33(27)29(34)31-17-19-8-12-21(30)13-9-19/h4,6,8-16,27H,2-3,5,7,17-18H2,1H3,(H,31,34)/t27-/m1/s1. The number of aromatic nitrogens is 1. The maximum absolute atomic E-state index is 13.8. The van der Waals surface area contributed by atoms with E-state index in [1.807, 2.05) is 40.5 Å². The zero-order valence-corrected chi connectivity index (χ0v) is 21.0. The Balaban J connectivity index is 1.42. The molecule has 7 heteroatoms. The lowest BCUT2D eigenvalue weighted by molar-refractivity contribution is 0.180. The Morgan fingerprint density at radius 3 is 2.61 bits per heavy atom. The summed E-state index contributed by atoms with van der Waals surface area (Å²) in [6.45, 7) is 0.870. The zero-order chi connectivity index (χ0) is 24.6. The summed E-state index contributed by atoms with van der Waals surface area (Å²) in [4.78, 5) is 17.2. The fourth-order valence-electron chi connectivity index (χ4n) is 5.41. The average Bonchev–Trinajstić information content (AvgIpc) is 3.50. The second kappa shape index (κ2) is 9.47. The summed E-state index contributed by atoms with van der Waals surface area (Å²) in [6.07, 6.45) is 6.71. The monoisotopic (exact) mass is 501 g/mol. The van der Waals surface area contributed by atoms with Crippen LogP contribution in [0.4, 0.5) is 9.18 Å². The number of rotatable bonds is 4. The maximum atomic E-state index is 13.8. The van der Waals surface area contributed by atoms with Crippen molar-refractivity contribution in [2.75, 3.05) is 7.11 Å². The molecule has 1 aliphatic heterocycles. The highest BCUT2D eigenvalue weighted by molar-refractivity contribution is 7.15. The first-order valence-electron chi connectivity index (χ1n) is 12.4. The molecule has 4 aromatic rings. The number of methoxy groups -OCH3 is 1. The summed E-state index contributed by atoms with van der Waals surface area (Å²) < 4.78 is 21.0. The maximum Gasteiger partial charge on any atom is 0.318 e. The van der Waals surface area contributed by atoms with E-state index in [9.17, 15) is 9.18 Å². The lowest BCUT2D eigenvalue weighted by Crippen LogP contribution is -2.41. The van der Waals surface area contributed by atoms with E-state index in [-0.39, 0.29) is 17.9 Å². The van der Waals surface area contributed by atoms with Gasteiger partial charge in [0, 0.05) is 23.2 Å². The van der Waals surface area contributed by atoms with Gasteiger partial charge in [-0.1, -0.05) is 24.3 Å². The molecule has 2 aromatic heterocycles. The number of hydrogen-bond acceptors (Lipinski definition) is 3. The first kappa shape index (κ1) is 22.9. The molecule has 0 spiro atoms. The van der Waals surface area contributed by atoms with Gasteiger partial charge in [0.15, 0.2) is 0 Å². The molecule has 0 unspecified atom stereocenters. The van der Waals surface area contributed by atoms with Crippen molar-refractivity contribution in [3.63, 3.8) is 0 Å². The molecule has 0 radical (unpaired) electrons. The van der Waals surface area contributed by atoms with E-state index in [1.54, 1.807) is 19.2 Å². The fraction of sp³-hybridized carbons (Fsp3) is 0.276. The molecule has 1 N–H and O–H groups in total. The number of urea groups is 1. The number of fused-ring (bicyclic) bond motifs is 5. The van der Waals surface area contributed by atoms with Crippen molar-refractivity contribution in [3.8, 4) is 10.8 Å². The number of nitrogens with one attached hydrogen (secondary N) is 1. The number of benzene rings is 2. The van der Waals surface area contributed by atoms with Crippen LogP contribution in [0.25, 0.3) is 5.00 Å². The Kier molecular flexibility index (Phi) is 6.01. The molecule has 184 valence electrons. The third-order valence-corrected chi connectivity index (χ3v) is 8.56. The molecule has 36 heavy (non-hydrogen) atoms. The van der Waals surface area contributed by atoms with Gasteiger partial charge >= 0.3 is 6.03 Å². The van der Waals surface area contributed by atoms with E-state index in [2.05, 4.69) is 28.2 Å². The van der Waals surface area contributed by atoms with Crippen LogP contribution in [0.15, 0.2) is 66.9 Å². The Bertz CT molecular complexity index is 1390. The lowest BCUT2D eigenvalue weighted by Gasteiger charge is -2.31. The number of nitrogens with zero attached hydrogens (tertiary/aromatic N) is 2. The van der Waals surface area contributed by atoms with E-state index < -0.39 is 0 Å². The quantitative estimate of drug-likeness (QED) is 0.353. The molecule has 1 atom stereocenters. The number of carbonyl (C=O) groups excluding carboxylic acids is 1. The van der Waals surface area contributed by atoms with E-state index >= 15 is 0 Å². The summed E-state index contributed by atoms with van der Waals surface area (Å²) in [5.41, 5.74) is 5.64. The Labute approximate surface area is 214 Å². The van der Waals surface area contributed by atoms with E-state index in [1.165, 1.54) is 46.0 Å². The summed E-state index contributed by atoms with van der Waals surface area (Å²) in [5, 5.41) is 4.33. The fourth-order valence-corrected chi connectivity index (χ4v) is 6.81. The van der Waals surface area contributed by atoms with Crippen molar-refractivity contribution in [1.82, 2.24) is 14.8 Å². The number of aryl methyl sites for hydroxylation is 1. The number of halogens is 1. The minimum atomic E-state index is -0.285. The summed E-state index contributed by atoms with van der Waals surface area (Å²) >= 11 is 1.88. The Hall–Kier alpha value is -3.58. The molecule has 5 nitrogen and oxygen atoms in total. The first-order valence-corrected chi connectivity index (χ1v) is 13.2. The van der Waals surface area contributed by atoms with E-state index in [0.29, 0.717) is 13.1 Å². The molecular weight excluding hydrogens is 473 g/mol. The topological polar surface area (TPSA) is 46.5 Å². The van der Waals surface area contributed by atoms with Crippen molar-refractivity contribution in [2.45, 2.75) is 44.8 Å². The van der Waals surface area contributed by atoms with Crippen molar-refractivity contribution in [1.29, 1.82) is 0 Å². The van der Waals surface area contributed by atoms with Gasteiger partial charge in [0.05, 0.1) is 25.4 Å². The molecule has 0 saturated heterocycles. The second-order valence-electron chi connectivity index (χ2n) is 9.39. The van der Waals surface area contributed by atoms with Gasteiger partial charge in [0.1, 0.15) is 16.6 Å². The highest BCUT2D eigenvalue weighted by Gasteiger charge is 2.36. The van der Waals surface area contributed by atoms with Gasteiger partial charge in [-0.25, -0.2) is 9.18 Å². The smallest absolute Gasteiger partial charge is 0.318 e. The van der Waals surface area contributed by atoms with Crippen molar-refractivity contribution >= 4 is 17.4 Å². The van der Waals surface area contributed by atoms with Gasteiger partial charge in [-0.3, -0.25) is 0 Å². The highest BCUT2D eigenvalue weighted by atomic mass is 32.1. The first-order chi connectivity index (χ1) is 17.6. The van der Waals surface area contributed by atoms with Crippen molar-refractivity contribution in [3.05, 3.63) is 106 Å². The minimum Gasteiger partial charge on any atom is -0.497 e. The van der Waals surface area contributed by atoms with Crippen LogP contribution >= 0.6 is 11.3 Å². The molecule has 3 heterocycles. The predicted molar refractivity (Wildman–Crippen MR) is 139 cm³/mol. The number of amides is 2. The molecule has 0 bridgehead atoms. The van der Waals surface area contributed by atoms with Gasteiger partial charge < -0.3 is 19.5 Å². The van der Waals surface area contributed by atoms with Crippen LogP contribution in [0.5, 0.6) is 5.75 Å². The minimum absolute atomic E-state index is 0.142. The summed E-state index contributed by atoms with van der Waals surface area (Å²) in [6, 6.07) is 18.0. The molecule has 1 aliphatic carbocycles. The van der Waals surface area contributed by atoms with Gasteiger partial charge in [-0.2, -0.15) is 0 Å². The molecule has 2 amide bonds. The van der Waals surface area contributed by atoms with Crippen LogP contribution in [-0.2, 0) is 25.9 Å². The SMILES string of the molecule is COc1ccc([C@@H]2c3cccn3-c3sc4c(c3CN2C(=O)NCc2ccc(F)cc2)CCCC4)cc1. The van der Waals surface area contributed by atoms with E-state index in [0.717, 1.165) is 35.4 Å². The van der Waals surface area contributed by atoms with Crippen LogP contribution in [0.1, 0.15) is 51.7 Å². The van der Waals surface area contributed by atoms with Crippen molar-refractivity contribution in [2.24, 2.45) is 0 Å². The molecule has 6 rings (SSSR count). The van der Waals surface area contributed by atoms with Crippen LogP contribution in [0.2, 0.25) is 0 Å². The van der Waals surface area contributed by atoms with Gasteiger partial charge in [-0.05, 0) is 78.8 Å². The van der Waals surface area contributed by atoms with Gasteiger partial charge in [0.2, 0.25) is 0 Å². The zero-order valence-electron chi connectivity index (χ0n) is 20.2. The molecular formula is C29H28FN3O2S. The highest BCUT2D eigenvalue weighted by Crippen LogP contribution is 2.44. The lowest BCUT2D eigenvalue weighted by atomic mass is 9.95. The van der Waals surface area contributed by atoms with Gasteiger partial charge in [0.25, 0.3) is 0 Å². The molecule has 0 fully saturated rings. The largest absolute Gasteiger partial charge is 0.497 e. The summed E-state index contributed by atoms with van der Waals surface area (Å²) in [7, 11) is 1.65. The van der Waals surface area contributed by atoms with E-state index in [4.69, 9.17) is 4.74 Å².